The Morgan fingerprint density at radius 1 is 1.59 bits per heavy atom. The van der Waals surface area contributed by atoms with Gasteiger partial charge in [-0.3, -0.25) is 0 Å². The van der Waals surface area contributed by atoms with Crippen LogP contribution in [-0.2, 0) is 18.2 Å². The van der Waals surface area contributed by atoms with Crippen molar-refractivity contribution >= 4 is 0 Å². The summed E-state index contributed by atoms with van der Waals surface area (Å²) < 4.78 is 11.6. The van der Waals surface area contributed by atoms with Crippen molar-refractivity contribution in [2.75, 3.05) is 13.7 Å². The molecule has 1 atom stereocenters. The molecule has 0 amide bonds. The summed E-state index contributed by atoms with van der Waals surface area (Å²) in [5, 5.41) is 13.3. The van der Waals surface area contributed by atoms with E-state index in [0.29, 0.717) is 17.5 Å². The highest BCUT2D eigenvalue weighted by molar-refractivity contribution is 5.42. The van der Waals surface area contributed by atoms with Crippen LogP contribution in [0.5, 0.6) is 0 Å². The van der Waals surface area contributed by atoms with Crippen molar-refractivity contribution in [2.24, 2.45) is 7.05 Å². The molecule has 0 saturated carbocycles. The average molecular weight is 238 g/mol. The number of aliphatic hydroxyl groups excluding tert-OH is 1. The molecule has 92 valence electrons. The monoisotopic (exact) mass is 238 g/mol. The van der Waals surface area contributed by atoms with Crippen molar-refractivity contribution in [3.63, 3.8) is 0 Å². The van der Waals surface area contributed by atoms with E-state index < -0.39 is 6.10 Å². The van der Waals surface area contributed by atoms with Crippen LogP contribution in [0.15, 0.2) is 16.9 Å². The summed E-state index contributed by atoms with van der Waals surface area (Å²) in [5.41, 5.74) is 0. The molecule has 1 unspecified atom stereocenters. The van der Waals surface area contributed by atoms with E-state index in [0.717, 1.165) is 0 Å². The maximum absolute atomic E-state index is 9.52. The molecule has 0 aliphatic rings. The Kier molecular flexibility index (Phi) is 3.50. The van der Waals surface area contributed by atoms with Crippen molar-refractivity contribution in [1.29, 1.82) is 0 Å². The molecule has 2 aromatic rings. The zero-order valence-electron chi connectivity index (χ0n) is 9.70. The van der Waals surface area contributed by atoms with E-state index in [9.17, 15) is 5.11 Å². The number of imidazole rings is 1. The van der Waals surface area contributed by atoms with Gasteiger partial charge in [-0.05, 0) is 0 Å². The van der Waals surface area contributed by atoms with E-state index in [4.69, 9.17) is 9.26 Å². The van der Waals surface area contributed by atoms with Crippen LogP contribution in [-0.4, -0.2) is 44.6 Å². The number of aliphatic hydroxyl groups is 1. The third-order valence-electron chi connectivity index (χ3n) is 2.26. The summed E-state index contributed by atoms with van der Waals surface area (Å²) in [4.78, 5) is 8.26. The molecule has 7 nitrogen and oxygen atoms in total. The Balaban J connectivity index is 2.09. The molecule has 0 aromatic carbocycles. The van der Waals surface area contributed by atoms with Crippen molar-refractivity contribution < 1.29 is 14.4 Å². The zero-order chi connectivity index (χ0) is 12.3. The number of methoxy groups -OCH3 is 1. The van der Waals surface area contributed by atoms with E-state index in [1.54, 1.807) is 17.0 Å². The van der Waals surface area contributed by atoms with Crippen molar-refractivity contribution in [3.8, 4) is 11.6 Å². The first-order valence-corrected chi connectivity index (χ1v) is 5.18. The van der Waals surface area contributed by atoms with Gasteiger partial charge in [-0.1, -0.05) is 5.16 Å². The normalized spacial score (nSPS) is 12.9. The highest BCUT2D eigenvalue weighted by Crippen LogP contribution is 2.13. The van der Waals surface area contributed by atoms with E-state index in [1.165, 1.54) is 7.11 Å². The van der Waals surface area contributed by atoms with Gasteiger partial charge in [-0.2, -0.15) is 4.98 Å². The molecule has 0 bridgehead atoms. The molecule has 0 aliphatic carbocycles. The Morgan fingerprint density at radius 2 is 2.41 bits per heavy atom. The van der Waals surface area contributed by atoms with Gasteiger partial charge in [0, 0.05) is 26.6 Å². The number of aromatic nitrogens is 4. The molecule has 2 rings (SSSR count). The number of hydrogen-bond acceptors (Lipinski definition) is 6. The molecule has 1 N–H and O–H groups in total. The fourth-order valence-corrected chi connectivity index (χ4v) is 1.46. The molecule has 0 radical (unpaired) electrons. The van der Waals surface area contributed by atoms with Crippen LogP contribution in [0, 0.1) is 0 Å². The van der Waals surface area contributed by atoms with Crippen LogP contribution in [0.2, 0.25) is 0 Å². The van der Waals surface area contributed by atoms with Crippen molar-refractivity contribution in [2.45, 2.75) is 12.5 Å². The van der Waals surface area contributed by atoms with Crippen LogP contribution in [0.3, 0.4) is 0 Å². The molecule has 2 heterocycles. The molecular formula is C10H14N4O3. The van der Waals surface area contributed by atoms with Crippen LogP contribution >= 0.6 is 0 Å². The lowest BCUT2D eigenvalue weighted by molar-refractivity contribution is 0.0599. The standard InChI is InChI=1S/C10H14N4O3/c1-14-4-3-11-10(14)9-12-8(17-13-9)5-7(15)6-16-2/h3-4,7,15H,5-6H2,1-2H3. The quantitative estimate of drug-likeness (QED) is 0.790. The topological polar surface area (TPSA) is 86.2 Å². The molecule has 0 saturated heterocycles. The van der Waals surface area contributed by atoms with Crippen molar-refractivity contribution in [1.82, 2.24) is 19.7 Å². The van der Waals surface area contributed by atoms with Gasteiger partial charge < -0.3 is 18.9 Å². The average Bonchev–Trinajstić information content (AvgIpc) is 2.87. The lowest BCUT2D eigenvalue weighted by Crippen LogP contribution is -2.17. The second-order valence-electron chi connectivity index (χ2n) is 3.69. The maximum atomic E-state index is 9.52. The lowest BCUT2D eigenvalue weighted by atomic mass is 10.3. The van der Waals surface area contributed by atoms with E-state index >= 15 is 0 Å². The van der Waals surface area contributed by atoms with Crippen LogP contribution in [0.25, 0.3) is 11.6 Å². The largest absolute Gasteiger partial charge is 0.390 e. The Labute approximate surface area is 98.0 Å². The number of nitrogens with zero attached hydrogens (tertiary/aromatic N) is 4. The van der Waals surface area contributed by atoms with E-state index in [1.807, 2.05) is 7.05 Å². The first kappa shape index (κ1) is 11.7. The number of ether oxygens (including phenoxy) is 1. The number of hydrogen-bond donors (Lipinski definition) is 1. The molecule has 2 aromatic heterocycles. The Morgan fingerprint density at radius 3 is 3.06 bits per heavy atom. The first-order chi connectivity index (χ1) is 8.20. The summed E-state index contributed by atoms with van der Waals surface area (Å²) in [7, 11) is 3.37. The summed E-state index contributed by atoms with van der Waals surface area (Å²) in [6.45, 7) is 0.236. The molecule has 0 spiro atoms. The fraction of sp³-hybridized carbons (Fsp3) is 0.500. The Hall–Kier alpha value is -1.73. The van der Waals surface area contributed by atoms with Gasteiger partial charge in [0.15, 0.2) is 5.82 Å². The number of rotatable bonds is 5. The predicted molar refractivity (Wildman–Crippen MR) is 58.1 cm³/mol. The van der Waals surface area contributed by atoms with Crippen molar-refractivity contribution in [3.05, 3.63) is 18.3 Å². The minimum Gasteiger partial charge on any atom is -0.390 e. The minimum absolute atomic E-state index is 0.236. The van der Waals surface area contributed by atoms with Crippen LogP contribution in [0.1, 0.15) is 5.89 Å². The SMILES string of the molecule is COCC(O)Cc1nc(-c2nccn2C)no1. The smallest absolute Gasteiger partial charge is 0.238 e. The highest BCUT2D eigenvalue weighted by atomic mass is 16.5. The maximum Gasteiger partial charge on any atom is 0.238 e. The molecule has 7 heteroatoms. The van der Waals surface area contributed by atoms with Gasteiger partial charge >= 0.3 is 0 Å². The van der Waals surface area contributed by atoms with Gasteiger partial charge in [-0.25, -0.2) is 4.98 Å². The van der Waals surface area contributed by atoms with Gasteiger partial charge in [0.05, 0.1) is 19.1 Å². The summed E-state index contributed by atoms with van der Waals surface area (Å²) >= 11 is 0. The zero-order valence-corrected chi connectivity index (χ0v) is 9.70. The van der Waals surface area contributed by atoms with Crippen LogP contribution in [0.4, 0.5) is 0 Å². The fourth-order valence-electron chi connectivity index (χ4n) is 1.46. The van der Waals surface area contributed by atoms with Gasteiger partial charge in [0.25, 0.3) is 0 Å². The lowest BCUT2D eigenvalue weighted by Gasteiger charge is -2.04. The second kappa shape index (κ2) is 5.07. The number of aryl methyl sites for hydroxylation is 1. The molecular weight excluding hydrogens is 224 g/mol. The third kappa shape index (κ3) is 2.69. The molecule has 17 heavy (non-hydrogen) atoms. The second-order valence-corrected chi connectivity index (χ2v) is 3.69. The summed E-state index contributed by atoms with van der Waals surface area (Å²) in [5.74, 6) is 1.41. The predicted octanol–water partition coefficient (Wildman–Crippen LogP) is 0.0199. The molecule has 0 fully saturated rings. The summed E-state index contributed by atoms with van der Waals surface area (Å²) in [6.07, 6.45) is 3.08. The van der Waals surface area contributed by atoms with Gasteiger partial charge in [0.2, 0.25) is 11.7 Å². The van der Waals surface area contributed by atoms with Gasteiger partial charge in [0.1, 0.15) is 0 Å². The first-order valence-electron chi connectivity index (χ1n) is 5.18. The molecule has 0 aliphatic heterocycles. The third-order valence-corrected chi connectivity index (χ3v) is 2.26. The van der Waals surface area contributed by atoms with E-state index in [-0.39, 0.29) is 13.0 Å². The highest BCUT2D eigenvalue weighted by Gasteiger charge is 2.15. The Bertz CT molecular complexity index is 479. The van der Waals surface area contributed by atoms with E-state index in [2.05, 4.69) is 15.1 Å². The summed E-state index contributed by atoms with van der Waals surface area (Å²) in [6, 6.07) is 0. The van der Waals surface area contributed by atoms with Crippen LogP contribution < -0.4 is 0 Å². The van der Waals surface area contributed by atoms with Gasteiger partial charge in [-0.15, -0.1) is 0 Å². The minimum atomic E-state index is -0.644.